The fourth-order valence-corrected chi connectivity index (χ4v) is 2.49. The number of hydrogen-bond acceptors (Lipinski definition) is 2. The molecule has 1 N–H and O–H groups in total. The molecule has 1 aliphatic rings. The maximum Gasteiger partial charge on any atom is 0.0662 e. The molecule has 1 aromatic carbocycles. The van der Waals surface area contributed by atoms with E-state index in [9.17, 15) is 0 Å². The molecule has 0 amide bonds. The van der Waals surface area contributed by atoms with E-state index < -0.39 is 0 Å². The van der Waals surface area contributed by atoms with E-state index in [0.717, 1.165) is 27.6 Å². The highest BCUT2D eigenvalue weighted by Crippen LogP contribution is 2.33. The second kappa shape index (κ2) is 4.71. The Labute approximate surface area is 99.5 Å². The number of hydrogen-bond donors (Lipinski definition) is 1. The summed E-state index contributed by atoms with van der Waals surface area (Å²) < 4.78 is 5.51. The average Bonchev–Trinajstić information content (AvgIpc) is 2.46. The molecule has 1 unspecified atom stereocenters. The molecule has 0 aromatic heterocycles. The van der Waals surface area contributed by atoms with Gasteiger partial charge >= 0.3 is 0 Å². The third-order valence-electron chi connectivity index (χ3n) is 2.72. The molecule has 0 spiro atoms. The van der Waals surface area contributed by atoms with E-state index in [0.29, 0.717) is 13.2 Å². The summed E-state index contributed by atoms with van der Waals surface area (Å²) in [5, 5.41) is 4.74. The normalized spacial score (nSPS) is 20.9. The largest absolute Gasteiger partial charge is 0.379 e. The molecule has 0 saturated carbocycles. The zero-order valence-corrected chi connectivity index (χ0v) is 10.0. The van der Waals surface area contributed by atoms with Gasteiger partial charge in [0.1, 0.15) is 0 Å². The molecule has 2 nitrogen and oxygen atoms in total. The monoisotopic (exact) mass is 245 g/mol. The van der Waals surface area contributed by atoms with E-state index in [4.69, 9.17) is 27.9 Å². The van der Waals surface area contributed by atoms with Gasteiger partial charge in [-0.15, -0.1) is 0 Å². The fourth-order valence-electron chi connectivity index (χ4n) is 1.93. The highest BCUT2D eigenvalue weighted by Gasteiger charge is 2.22. The summed E-state index contributed by atoms with van der Waals surface area (Å²) in [4.78, 5) is 0. The van der Waals surface area contributed by atoms with Crippen molar-refractivity contribution < 1.29 is 4.74 Å². The predicted molar refractivity (Wildman–Crippen MR) is 62.8 cm³/mol. The first-order valence-corrected chi connectivity index (χ1v) is 5.71. The number of ether oxygens (including phenoxy) is 1. The van der Waals surface area contributed by atoms with Crippen LogP contribution < -0.4 is 5.32 Å². The van der Waals surface area contributed by atoms with Gasteiger partial charge in [-0.3, -0.25) is 0 Å². The van der Waals surface area contributed by atoms with E-state index in [-0.39, 0.29) is 6.04 Å². The molecule has 0 saturated heterocycles. The molecule has 1 heterocycles. The van der Waals surface area contributed by atoms with Gasteiger partial charge in [-0.25, -0.2) is 0 Å². The molecule has 0 aliphatic carbocycles. The second-order valence-corrected chi connectivity index (χ2v) is 4.40. The molecule has 1 aliphatic heterocycles. The zero-order valence-electron chi connectivity index (χ0n) is 8.52. The third-order valence-corrected chi connectivity index (χ3v) is 3.41. The van der Waals surface area contributed by atoms with E-state index in [2.05, 4.69) is 5.32 Å². The van der Waals surface area contributed by atoms with Crippen LogP contribution in [-0.2, 0) is 11.2 Å². The van der Waals surface area contributed by atoms with Gasteiger partial charge in [0.05, 0.1) is 19.3 Å². The van der Waals surface area contributed by atoms with Crippen molar-refractivity contribution in [2.75, 3.05) is 20.3 Å². The lowest BCUT2D eigenvalue weighted by Crippen LogP contribution is -2.21. The van der Waals surface area contributed by atoms with E-state index in [1.807, 2.05) is 19.2 Å². The molecular weight excluding hydrogens is 233 g/mol. The van der Waals surface area contributed by atoms with Crippen molar-refractivity contribution in [1.82, 2.24) is 5.32 Å². The van der Waals surface area contributed by atoms with Crippen molar-refractivity contribution in [3.05, 3.63) is 33.3 Å². The maximum absolute atomic E-state index is 6.21. The molecule has 1 atom stereocenters. The Morgan fingerprint density at radius 3 is 2.80 bits per heavy atom. The molecule has 2 rings (SSSR count). The van der Waals surface area contributed by atoms with Crippen LogP contribution in [0, 0.1) is 0 Å². The van der Waals surface area contributed by atoms with Crippen molar-refractivity contribution in [2.24, 2.45) is 0 Å². The topological polar surface area (TPSA) is 21.3 Å². The number of benzene rings is 1. The molecule has 0 radical (unpaired) electrons. The van der Waals surface area contributed by atoms with E-state index in [1.165, 1.54) is 0 Å². The van der Waals surface area contributed by atoms with Gasteiger partial charge < -0.3 is 10.1 Å². The van der Waals surface area contributed by atoms with Crippen molar-refractivity contribution in [3.8, 4) is 0 Å². The minimum atomic E-state index is 0.133. The Morgan fingerprint density at radius 2 is 2.07 bits per heavy atom. The average molecular weight is 246 g/mol. The number of likely N-dealkylation sites (N-methyl/N-ethyl adjacent to an activating group) is 1. The molecule has 15 heavy (non-hydrogen) atoms. The highest BCUT2D eigenvalue weighted by atomic mass is 35.5. The van der Waals surface area contributed by atoms with Gasteiger partial charge in [-0.1, -0.05) is 23.2 Å². The maximum atomic E-state index is 6.21. The van der Waals surface area contributed by atoms with Gasteiger partial charge in [0.15, 0.2) is 0 Å². The van der Waals surface area contributed by atoms with Crippen LogP contribution >= 0.6 is 23.2 Å². The van der Waals surface area contributed by atoms with E-state index in [1.54, 1.807) is 0 Å². The zero-order chi connectivity index (χ0) is 10.8. The van der Waals surface area contributed by atoms with Crippen molar-refractivity contribution in [2.45, 2.75) is 12.5 Å². The lowest BCUT2D eigenvalue weighted by Gasteiger charge is -2.18. The van der Waals surface area contributed by atoms with Gasteiger partial charge in [-0.05, 0) is 36.7 Å². The van der Waals surface area contributed by atoms with Gasteiger partial charge in [0.25, 0.3) is 0 Å². The fraction of sp³-hybridized carbons (Fsp3) is 0.455. The molecule has 0 bridgehead atoms. The smallest absolute Gasteiger partial charge is 0.0662 e. The van der Waals surface area contributed by atoms with Crippen LogP contribution in [0.25, 0.3) is 0 Å². The van der Waals surface area contributed by atoms with Crippen LogP contribution in [0.15, 0.2) is 12.1 Å². The van der Waals surface area contributed by atoms with Crippen LogP contribution in [0.2, 0.25) is 10.0 Å². The summed E-state index contributed by atoms with van der Waals surface area (Å²) in [6.07, 6.45) is 0.826. The molecule has 1 aromatic rings. The Balaban J connectivity index is 2.54. The summed E-state index contributed by atoms with van der Waals surface area (Å²) >= 11 is 12.4. The molecule has 82 valence electrons. The van der Waals surface area contributed by atoms with Crippen molar-refractivity contribution in [1.29, 1.82) is 0 Å². The summed E-state index contributed by atoms with van der Waals surface area (Å²) in [6, 6.07) is 3.83. The molecule has 0 fully saturated rings. The van der Waals surface area contributed by atoms with Crippen molar-refractivity contribution >= 4 is 23.2 Å². The second-order valence-electron chi connectivity index (χ2n) is 3.59. The first-order valence-electron chi connectivity index (χ1n) is 4.96. The van der Waals surface area contributed by atoms with Gasteiger partial charge in [0, 0.05) is 10.0 Å². The lowest BCUT2D eigenvalue weighted by molar-refractivity contribution is 0.124. The first-order chi connectivity index (χ1) is 7.24. The lowest BCUT2D eigenvalue weighted by atomic mass is 9.99. The number of halogens is 2. The number of rotatable bonds is 1. The van der Waals surface area contributed by atoms with Crippen LogP contribution in [0.5, 0.6) is 0 Å². The minimum absolute atomic E-state index is 0.133. The molecule has 4 heteroatoms. The Hall–Kier alpha value is -0.280. The van der Waals surface area contributed by atoms with Crippen LogP contribution in [0.3, 0.4) is 0 Å². The summed E-state index contributed by atoms with van der Waals surface area (Å²) in [6.45, 7) is 1.34. The Kier molecular flexibility index (Phi) is 3.52. The number of fused-ring (bicyclic) bond motifs is 1. The highest BCUT2D eigenvalue weighted by molar-refractivity contribution is 6.34. The van der Waals surface area contributed by atoms with Crippen LogP contribution in [0.4, 0.5) is 0 Å². The van der Waals surface area contributed by atoms with E-state index >= 15 is 0 Å². The summed E-state index contributed by atoms with van der Waals surface area (Å²) in [5.41, 5.74) is 2.20. The van der Waals surface area contributed by atoms with Gasteiger partial charge in [0.2, 0.25) is 0 Å². The quantitative estimate of drug-likeness (QED) is 0.822. The first kappa shape index (κ1) is 11.2. The van der Waals surface area contributed by atoms with Crippen LogP contribution in [0.1, 0.15) is 17.2 Å². The number of nitrogens with one attached hydrogen (secondary N) is 1. The Morgan fingerprint density at radius 1 is 1.33 bits per heavy atom. The predicted octanol–water partition coefficient (Wildman–Crippen LogP) is 2.83. The third kappa shape index (κ3) is 2.13. The standard InChI is InChI=1S/C11H13Cl2NO/c1-14-10-6-15-5-4-7-8(12)2-3-9(13)11(7)10/h2-3,10,14H,4-6H2,1H3. The summed E-state index contributed by atoms with van der Waals surface area (Å²) in [5.74, 6) is 0. The van der Waals surface area contributed by atoms with Crippen molar-refractivity contribution in [3.63, 3.8) is 0 Å². The molecular formula is C11H13Cl2NO. The summed E-state index contributed by atoms with van der Waals surface area (Å²) in [7, 11) is 1.90. The SMILES string of the molecule is CNC1COCCc2c(Cl)ccc(Cl)c21. The van der Waals surface area contributed by atoms with Crippen LogP contribution in [-0.4, -0.2) is 20.3 Å². The minimum Gasteiger partial charge on any atom is -0.379 e. The Bertz CT molecular complexity index is 368. The van der Waals surface area contributed by atoms with Gasteiger partial charge in [-0.2, -0.15) is 0 Å².